The van der Waals surface area contributed by atoms with Crippen molar-refractivity contribution in [2.24, 2.45) is 0 Å². The van der Waals surface area contributed by atoms with Gasteiger partial charge in [0.15, 0.2) is 11.5 Å². The van der Waals surface area contributed by atoms with Crippen LogP contribution in [0.4, 0.5) is 0 Å². The van der Waals surface area contributed by atoms with Gasteiger partial charge in [-0.3, -0.25) is 9.78 Å². The first-order valence-corrected chi connectivity index (χ1v) is 5.36. The first-order valence-electron chi connectivity index (χ1n) is 4.42. The summed E-state index contributed by atoms with van der Waals surface area (Å²) in [6.07, 6.45) is 2.46. The third-order valence-corrected chi connectivity index (χ3v) is 2.21. The number of nitrogens with zero attached hydrogens (tertiary/aromatic N) is 1. The molecule has 0 fully saturated rings. The standard InChI is InChI=1S/C8H8O3.C3H3NS/c1-11-8-4-6(5-9)2-3-7(8)10;1-2-5-3-4-1/h2-5,10H,1H3;1-3H. The van der Waals surface area contributed by atoms with Gasteiger partial charge in [0.25, 0.3) is 0 Å². The third-order valence-electron chi connectivity index (χ3n) is 1.69. The average Bonchev–Trinajstić information content (AvgIpc) is 2.88. The predicted molar refractivity (Wildman–Crippen MR) is 62.2 cm³/mol. The number of methoxy groups -OCH3 is 1. The summed E-state index contributed by atoms with van der Waals surface area (Å²) in [5, 5.41) is 11.0. The van der Waals surface area contributed by atoms with E-state index in [4.69, 9.17) is 9.84 Å². The van der Waals surface area contributed by atoms with Crippen LogP contribution in [-0.2, 0) is 0 Å². The molecule has 0 bridgehead atoms. The number of phenolic OH excluding ortho intramolecular Hbond substituents is 1. The molecule has 0 aliphatic heterocycles. The van der Waals surface area contributed by atoms with Crippen LogP contribution in [0.5, 0.6) is 11.5 Å². The molecule has 1 aromatic carbocycles. The van der Waals surface area contributed by atoms with Crippen molar-refractivity contribution in [3.8, 4) is 11.5 Å². The largest absolute Gasteiger partial charge is 0.504 e. The normalized spacial score (nSPS) is 8.81. The fraction of sp³-hybridized carbons (Fsp3) is 0.0909. The van der Waals surface area contributed by atoms with E-state index < -0.39 is 0 Å². The zero-order chi connectivity index (χ0) is 11.8. The summed E-state index contributed by atoms with van der Waals surface area (Å²) in [7, 11) is 1.43. The van der Waals surface area contributed by atoms with Gasteiger partial charge in [0, 0.05) is 17.1 Å². The van der Waals surface area contributed by atoms with E-state index in [1.807, 2.05) is 5.38 Å². The van der Waals surface area contributed by atoms with Gasteiger partial charge < -0.3 is 9.84 Å². The molecule has 2 rings (SSSR count). The number of carbonyl (C=O) groups excluding carboxylic acids is 1. The number of rotatable bonds is 2. The first-order chi connectivity index (χ1) is 7.77. The lowest BCUT2D eigenvalue weighted by molar-refractivity contribution is 0.112. The van der Waals surface area contributed by atoms with Gasteiger partial charge in [-0.25, -0.2) is 0 Å². The van der Waals surface area contributed by atoms with Crippen LogP contribution in [0.2, 0.25) is 0 Å². The van der Waals surface area contributed by atoms with Crippen molar-refractivity contribution >= 4 is 17.6 Å². The molecule has 0 aliphatic carbocycles. The number of benzene rings is 1. The predicted octanol–water partition coefficient (Wildman–Crippen LogP) is 2.36. The molecule has 2 aromatic rings. The topological polar surface area (TPSA) is 59.4 Å². The van der Waals surface area contributed by atoms with E-state index in [1.165, 1.54) is 25.3 Å². The Morgan fingerprint density at radius 1 is 1.50 bits per heavy atom. The summed E-state index contributed by atoms with van der Waals surface area (Å²) in [6.45, 7) is 0. The van der Waals surface area contributed by atoms with Gasteiger partial charge in [0.1, 0.15) is 6.29 Å². The van der Waals surface area contributed by atoms with Crippen LogP contribution >= 0.6 is 11.3 Å². The Morgan fingerprint density at radius 2 is 2.31 bits per heavy atom. The van der Waals surface area contributed by atoms with E-state index in [0.29, 0.717) is 17.6 Å². The second-order valence-electron chi connectivity index (χ2n) is 2.72. The Hall–Kier alpha value is -1.88. The minimum absolute atomic E-state index is 0.0399. The van der Waals surface area contributed by atoms with Crippen LogP contribution in [0.3, 0.4) is 0 Å². The maximum Gasteiger partial charge on any atom is 0.161 e. The Morgan fingerprint density at radius 3 is 2.75 bits per heavy atom. The number of aromatic nitrogens is 1. The van der Waals surface area contributed by atoms with Gasteiger partial charge >= 0.3 is 0 Å². The summed E-state index contributed by atoms with van der Waals surface area (Å²) in [5.41, 5.74) is 2.28. The van der Waals surface area contributed by atoms with E-state index in [9.17, 15) is 4.79 Å². The highest BCUT2D eigenvalue weighted by Crippen LogP contribution is 2.25. The zero-order valence-electron chi connectivity index (χ0n) is 8.66. The number of phenols is 1. The third kappa shape index (κ3) is 3.70. The van der Waals surface area contributed by atoms with E-state index in [-0.39, 0.29) is 5.75 Å². The summed E-state index contributed by atoms with van der Waals surface area (Å²) in [4.78, 5) is 14.0. The summed E-state index contributed by atoms with van der Waals surface area (Å²) >= 11 is 1.60. The van der Waals surface area contributed by atoms with Gasteiger partial charge in [-0.1, -0.05) is 0 Å². The maximum absolute atomic E-state index is 10.2. The quantitative estimate of drug-likeness (QED) is 0.814. The Labute approximate surface area is 97.2 Å². The second kappa shape index (κ2) is 6.58. The summed E-state index contributed by atoms with van der Waals surface area (Å²) < 4.78 is 4.78. The lowest BCUT2D eigenvalue weighted by Crippen LogP contribution is -1.85. The number of aromatic hydroxyl groups is 1. The Balaban J connectivity index is 0.000000212. The van der Waals surface area contributed by atoms with Crippen molar-refractivity contribution in [1.29, 1.82) is 0 Å². The Kier molecular flexibility index (Phi) is 5.01. The van der Waals surface area contributed by atoms with Gasteiger partial charge in [0.2, 0.25) is 0 Å². The molecular formula is C11H11NO3S. The molecule has 4 nitrogen and oxygen atoms in total. The molecule has 0 radical (unpaired) electrons. The van der Waals surface area contributed by atoms with Crippen molar-refractivity contribution in [3.05, 3.63) is 40.8 Å². The molecule has 0 spiro atoms. The first kappa shape index (κ1) is 12.2. The van der Waals surface area contributed by atoms with Gasteiger partial charge in [-0.2, -0.15) is 0 Å². The Bertz CT molecular complexity index is 412. The highest BCUT2D eigenvalue weighted by atomic mass is 32.1. The lowest BCUT2D eigenvalue weighted by atomic mass is 10.2. The minimum Gasteiger partial charge on any atom is -0.504 e. The molecule has 1 N–H and O–H groups in total. The van der Waals surface area contributed by atoms with Gasteiger partial charge in [-0.15, -0.1) is 11.3 Å². The average molecular weight is 237 g/mol. The summed E-state index contributed by atoms with van der Waals surface area (Å²) in [6, 6.07) is 4.41. The molecule has 0 saturated heterocycles. The van der Waals surface area contributed by atoms with Crippen LogP contribution in [0.15, 0.2) is 35.3 Å². The molecule has 5 heteroatoms. The molecule has 0 aliphatic rings. The number of ether oxygens (including phenoxy) is 1. The number of thiazole rings is 1. The fourth-order valence-corrected chi connectivity index (χ4v) is 1.29. The van der Waals surface area contributed by atoms with E-state index in [1.54, 1.807) is 23.0 Å². The molecule has 1 aromatic heterocycles. The van der Waals surface area contributed by atoms with Crippen LogP contribution in [-0.4, -0.2) is 23.5 Å². The van der Waals surface area contributed by atoms with Crippen molar-refractivity contribution in [2.45, 2.75) is 0 Å². The molecule has 84 valence electrons. The van der Waals surface area contributed by atoms with Crippen LogP contribution in [0.1, 0.15) is 10.4 Å². The maximum atomic E-state index is 10.2. The monoisotopic (exact) mass is 237 g/mol. The van der Waals surface area contributed by atoms with Crippen molar-refractivity contribution in [2.75, 3.05) is 7.11 Å². The molecule has 1 heterocycles. The van der Waals surface area contributed by atoms with E-state index in [0.717, 1.165) is 0 Å². The fourth-order valence-electron chi connectivity index (χ4n) is 0.943. The smallest absolute Gasteiger partial charge is 0.161 e. The van der Waals surface area contributed by atoms with Crippen LogP contribution in [0, 0.1) is 0 Å². The SMILES string of the molecule is COc1cc(C=O)ccc1O.c1cscn1. The number of hydrogen-bond donors (Lipinski definition) is 1. The van der Waals surface area contributed by atoms with Crippen molar-refractivity contribution in [3.63, 3.8) is 0 Å². The van der Waals surface area contributed by atoms with Crippen molar-refractivity contribution in [1.82, 2.24) is 4.98 Å². The van der Waals surface area contributed by atoms with Gasteiger partial charge in [-0.05, 0) is 18.2 Å². The minimum atomic E-state index is 0.0399. The van der Waals surface area contributed by atoms with E-state index in [2.05, 4.69) is 4.98 Å². The van der Waals surface area contributed by atoms with Crippen LogP contribution < -0.4 is 4.74 Å². The van der Waals surface area contributed by atoms with Gasteiger partial charge in [0.05, 0.1) is 12.6 Å². The number of hydrogen-bond acceptors (Lipinski definition) is 5. The number of aldehydes is 1. The molecule has 0 amide bonds. The molecule has 0 saturated carbocycles. The molecule has 0 unspecified atom stereocenters. The highest BCUT2D eigenvalue weighted by Gasteiger charge is 2.00. The number of carbonyl (C=O) groups is 1. The molecular weight excluding hydrogens is 226 g/mol. The van der Waals surface area contributed by atoms with E-state index >= 15 is 0 Å². The van der Waals surface area contributed by atoms with Crippen LogP contribution in [0.25, 0.3) is 0 Å². The molecule has 0 atom stereocenters. The second-order valence-corrected chi connectivity index (χ2v) is 3.48. The summed E-state index contributed by atoms with van der Waals surface area (Å²) in [5.74, 6) is 0.354. The molecule has 16 heavy (non-hydrogen) atoms. The zero-order valence-corrected chi connectivity index (χ0v) is 9.48. The van der Waals surface area contributed by atoms with Crippen molar-refractivity contribution < 1.29 is 14.6 Å². The highest BCUT2D eigenvalue weighted by molar-refractivity contribution is 7.07. The lowest BCUT2D eigenvalue weighted by Gasteiger charge is -2.01.